The van der Waals surface area contributed by atoms with Crippen molar-refractivity contribution >= 4 is 23.6 Å². The number of hydrogen-bond donors (Lipinski definition) is 2. The number of nitrogens with zero attached hydrogens (tertiary/aromatic N) is 1. The molecule has 1 heterocycles. The van der Waals surface area contributed by atoms with E-state index in [4.69, 9.17) is 4.74 Å². The van der Waals surface area contributed by atoms with Crippen LogP contribution in [0.2, 0.25) is 0 Å². The Balaban J connectivity index is 1.75. The summed E-state index contributed by atoms with van der Waals surface area (Å²) in [4.78, 5) is 30.3. The molecule has 1 amide bonds. The standard InChI is InChI=1S/C16H19N3O3S/c1-2-22-16(21)14-13(18-11-19-14)15(20)17-8-9-23-10-12-6-4-3-5-7-12/h3-7,11H,2,8-10H2,1H3,(H,17,20)(H,18,19). The van der Waals surface area contributed by atoms with Crippen molar-refractivity contribution in [1.29, 1.82) is 0 Å². The molecule has 0 aliphatic carbocycles. The van der Waals surface area contributed by atoms with Crippen LogP contribution in [0.5, 0.6) is 0 Å². The molecule has 7 heteroatoms. The molecular weight excluding hydrogens is 314 g/mol. The van der Waals surface area contributed by atoms with Gasteiger partial charge in [0.25, 0.3) is 5.91 Å². The van der Waals surface area contributed by atoms with Crippen molar-refractivity contribution in [2.24, 2.45) is 0 Å². The fraction of sp³-hybridized carbons (Fsp3) is 0.312. The largest absolute Gasteiger partial charge is 0.461 e. The summed E-state index contributed by atoms with van der Waals surface area (Å²) in [6, 6.07) is 10.1. The molecule has 1 aromatic heterocycles. The zero-order valence-electron chi connectivity index (χ0n) is 12.9. The van der Waals surface area contributed by atoms with Gasteiger partial charge in [0.1, 0.15) is 0 Å². The third kappa shape index (κ3) is 5.14. The maximum atomic E-state index is 12.1. The van der Waals surface area contributed by atoms with E-state index in [9.17, 15) is 9.59 Å². The molecule has 2 rings (SSSR count). The number of H-pyrrole nitrogens is 1. The second-order valence-electron chi connectivity index (χ2n) is 4.64. The molecule has 1 aromatic carbocycles. The fourth-order valence-corrected chi connectivity index (χ4v) is 2.73. The molecule has 0 aliphatic heterocycles. The zero-order chi connectivity index (χ0) is 16.5. The number of imidazole rings is 1. The van der Waals surface area contributed by atoms with E-state index in [0.717, 1.165) is 11.5 Å². The van der Waals surface area contributed by atoms with Gasteiger partial charge in [0.2, 0.25) is 0 Å². The monoisotopic (exact) mass is 333 g/mol. The highest BCUT2D eigenvalue weighted by Crippen LogP contribution is 2.11. The Labute approximate surface area is 139 Å². The lowest BCUT2D eigenvalue weighted by atomic mass is 10.2. The lowest BCUT2D eigenvalue weighted by molar-refractivity contribution is 0.0516. The molecule has 0 unspecified atom stereocenters. The summed E-state index contributed by atoms with van der Waals surface area (Å²) in [6.07, 6.45) is 1.31. The third-order valence-corrected chi connectivity index (χ3v) is 4.01. The number of ether oxygens (including phenoxy) is 1. The van der Waals surface area contributed by atoms with Crippen molar-refractivity contribution in [3.05, 3.63) is 53.6 Å². The lowest BCUT2D eigenvalue weighted by Crippen LogP contribution is -2.28. The summed E-state index contributed by atoms with van der Waals surface area (Å²) in [6.45, 7) is 2.46. The topological polar surface area (TPSA) is 84.1 Å². The summed E-state index contributed by atoms with van der Waals surface area (Å²) >= 11 is 1.73. The van der Waals surface area contributed by atoms with Crippen LogP contribution in [0.3, 0.4) is 0 Å². The van der Waals surface area contributed by atoms with Crippen molar-refractivity contribution in [2.75, 3.05) is 18.9 Å². The molecule has 0 saturated carbocycles. The second-order valence-corrected chi connectivity index (χ2v) is 5.75. The van der Waals surface area contributed by atoms with Gasteiger partial charge in [-0.15, -0.1) is 0 Å². The molecule has 23 heavy (non-hydrogen) atoms. The average molecular weight is 333 g/mol. The van der Waals surface area contributed by atoms with Crippen molar-refractivity contribution in [1.82, 2.24) is 15.3 Å². The highest BCUT2D eigenvalue weighted by atomic mass is 32.2. The summed E-state index contributed by atoms with van der Waals surface area (Å²) in [5, 5.41) is 2.76. The Kier molecular flexibility index (Phi) is 6.68. The third-order valence-electron chi connectivity index (χ3n) is 2.98. The number of rotatable bonds is 8. The summed E-state index contributed by atoms with van der Waals surface area (Å²) in [5.41, 5.74) is 1.40. The molecule has 0 fully saturated rings. The Morgan fingerprint density at radius 2 is 2.09 bits per heavy atom. The number of hydrogen-bond acceptors (Lipinski definition) is 5. The Morgan fingerprint density at radius 3 is 2.83 bits per heavy atom. The minimum Gasteiger partial charge on any atom is -0.461 e. The first-order valence-electron chi connectivity index (χ1n) is 7.32. The van der Waals surface area contributed by atoms with Gasteiger partial charge in [-0.05, 0) is 12.5 Å². The highest BCUT2D eigenvalue weighted by Gasteiger charge is 2.20. The first-order valence-corrected chi connectivity index (χ1v) is 8.48. The smallest absolute Gasteiger partial charge is 0.357 e. The molecule has 0 atom stereocenters. The van der Waals surface area contributed by atoms with E-state index in [2.05, 4.69) is 27.4 Å². The first kappa shape index (κ1) is 17.1. The van der Waals surface area contributed by atoms with Gasteiger partial charge in [-0.25, -0.2) is 9.78 Å². The van der Waals surface area contributed by atoms with E-state index in [0.29, 0.717) is 6.54 Å². The highest BCUT2D eigenvalue weighted by molar-refractivity contribution is 7.98. The van der Waals surface area contributed by atoms with Crippen LogP contribution in [0.25, 0.3) is 0 Å². The van der Waals surface area contributed by atoms with Crippen molar-refractivity contribution in [3.8, 4) is 0 Å². The van der Waals surface area contributed by atoms with Crippen LogP contribution in [0.1, 0.15) is 33.5 Å². The van der Waals surface area contributed by atoms with Gasteiger partial charge in [-0.1, -0.05) is 30.3 Å². The van der Waals surface area contributed by atoms with E-state index < -0.39 is 5.97 Å². The van der Waals surface area contributed by atoms with Gasteiger partial charge < -0.3 is 15.0 Å². The molecular formula is C16H19N3O3S. The minimum absolute atomic E-state index is 0.0662. The van der Waals surface area contributed by atoms with Crippen LogP contribution in [0.15, 0.2) is 36.7 Å². The second kappa shape index (κ2) is 8.99. The Morgan fingerprint density at radius 1 is 1.30 bits per heavy atom. The van der Waals surface area contributed by atoms with E-state index in [1.165, 1.54) is 11.9 Å². The molecule has 0 aliphatic rings. The van der Waals surface area contributed by atoms with Gasteiger partial charge >= 0.3 is 5.97 Å². The normalized spacial score (nSPS) is 10.3. The zero-order valence-corrected chi connectivity index (χ0v) is 13.7. The number of aromatic amines is 1. The summed E-state index contributed by atoms with van der Waals surface area (Å²) in [7, 11) is 0. The van der Waals surface area contributed by atoms with Crippen LogP contribution >= 0.6 is 11.8 Å². The van der Waals surface area contributed by atoms with E-state index >= 15 is 0 Å². The minimum atomic E-state index is -0.575. The number of aromatic nitrogens is 2. The first-order chi connectivity index (χ1) is 11.2. The average Bonchev–Trinajstić information content (AvgIpc) is 3.05. The summed E-state index contributed by atoms with van der Waals surface area (Å²) < 4.78 is 4.87. The van der Waals surface area contributed by atoms with E-state index in [-0.39, 0.29) is 23.9 Å². The number of carbonyl (C=O) groups is 2. The Hall–Kier alpha value is -2.28. The van der Waals surface area contributed by atoms with Gasteiger partial charge in [0, 0.05) is 18.1 Å². The van der Waals surface area contributed by atoms with Gasteiger partial charge in [0.05, 0.1) is 12.9 Å². The van der Waals surface area contributed by atoms with Crippen LogP contribution in [0, 0.1) is 0 Å². The number of benzene rings is 1. The molecule has 0 bridgehead atoms. The molecule has 2 N–H and O–H groups in total. The Bertz CT molecular complexity index is 643. The number of thioether (sulfide) groups is 1. The summed E-state index contributed by atoms with van der Waals surface area (Å²) in [5.74, 6) is 0.718. The molecule has 0 spiro atoms. The molecule has 2 aromatic rings. The van der Waals surface area contributed by atoms with Gasteiger partial charge in [0.15, 0.2) is 11.4 Å². The predicted molar refractivity (Wildman–Crippen MR) is 89.5 cm³/mol. The van der Waals surface area contributed by atoms with Gasteiger partial charge in [-0.2, -0.15) is 11.8 Å². The quantitative estimate of drug-likeness (QED) is 0.572. The van der Waals surface area contributed by atoms with E-state index in [1.807, 2.05) is 18.2 Å². The number of carbonyl (C=O) groups excluding carboxylic acids is 2. The SMILES string of the molecule is CCOC(=O)c1[nH]cnc1C(=O)NCCSCc1ccccc1. The van der Waals surface area contributed by atoms with Crippen LogP contribution in [0.4, 0.5) is 0 Å². The van der Waals surface area contributed by atoms with Crippen LogP contribution < -0.4 is 5.32 Å². The van der Waals surface area contributed by atoms with E-state index in [1.54, 1.807) is 18.7 Å². The van der Waals surface area contributed by atoms with Crippen molar-refractivity contribution in [2.45, 2.75) is 12.7 Å². The van der Waals surface area contributed by atoms with Crippen molar-refractivity contribution in [3.63, 3.8) is 0 Å². The fourth-order valence-electron chi connectivity index (χ4n) is 1.91. The molecule has 6 nitrogen and oxygen atoms in total. The van der Waals surface area contributed by atoms with Gasteiger partial charge in [-0.3, -0.25) is 4.79 Å². The molecule has 122 valence electrons. The van der Waals surface area contributed by atoms with Crippen molar-refractivity contribution < 1.29 is 14.3 Å². The van der Waals surface area contributed by atoms with Crippen LogP contribution in [-0.2, 0) is 10.5 Å². The number of esters is 1. The van der Waals surface area contributed by atoms with Crippen LogP contribution in [-0.4, -0.2) is 40.7 Å². The maximum absolute atomic E-state index is 12.1. The lowest BCUT2D eigenvalue weighted by Gasteiger charge is -2.05. The molecule has 0 radical (unpaired) electrons. The molecule has 0 saturated heterocycles. The number of nitrogens with one attached hydrogen (secondary N) is 2. The number of amides is 1. The predicted octanol–water partition coefficient (Wildman–Crippen LogP) is 2.25. The maximum Gasteiger partial charge on any atom is 0.357 e.